The number of nitrogens with one attached hydrogen (secondary N) is 1. The summed E-state index contributed by atoms with van der Waals surface area (Å²) in [6, 6.07) is 11.2. The number of anilines is 1. The molecule has 3 nitrogen and oxygen atoms in total. The predicted molar refractivity (Wildman–Crippen MR) is 117 cm³/mol. The molecule has 0 aromatic heterocycles. The lowest BCUT2D eigenvalue weighted by atomic mass is 9.78. The first kappa shape index (κ1) is 21.0. The van der Waals surface area contributed by atoms with Gasteiger partial charge in [0.2, 0.25) is 5.91 Å². The van der Waals surface area contributed by atoms with Crippen LogP contribution < -0.4 is 10.1 Å². The van der Waals surface area contributed by atoms with Gasteiger partial charge in [-0.15, -0.1) is 0 Å². The van der Waals surface area contributed by atoms with Gasteiger partial charge < -0.3 is 10.1 Å². The molecule has 0 unspecified atom stereocenters. The zero-order valence-corrected chi connectivity index (χ0v) is 18.2. The van der Waals surface area contributed by atoms with E-state index >= 15 is 0 Å². The van der Waals surface area contributed by atoms with Crippen molar-refractivity contribution >= 4 is 34.8 Å². The number of aryl methyl sites for hydroxylation is 1. The van der Waals surface area contributed by atoms with Crippen molar-refractivity contribution in [3.8, 4) is 5.75 Å². The van der Waals surface area contributed by atoms with Crippen LogP contribution in [0.25, 0.3) is 0 Å². The van der Waals surface area contributed by atoms with Crippen LogP contribution in [-0.2, 0) is 10.2 Å². The maximum Gasteiger partial charge on any atom is 0.235 e. The van der Waals surface area contributed by atoms with E-state index in [-0.39, 0.29) is 12.0 Å². The molecule has 28 heavy (non-hydrogen) atoms. The number of carbonyl (C=O) groups is 1. The van der Waals surface area contributed by atoms with Gasteiger partial charge in [-0.2, -0.15) is 0 Å². The van der Waals surface area contributed by atoms with Crippen molar-refractivity contribution < 1.29 is 9.53 Å². The van der Waals surface area contributed by atoms with Crippen molar-refractivity contribution in [2.45, 2.75) is 64.4 Å². The maximum absolute atomic E-state index is 13.4. The van der Waals surface area contributed by atoms with E-state index in [0.717, 1.165) is 54.7 Å². The number of amides is 1. The molecule has 1 aliphatic rings. The van der Waals surface area contributed by atoms with Crippen LogP contribution in [0, 0.1) is 6.92 Å². The van der Waals surface area contributed by atoms with Gasteiger partial charge in [-0.05, 0) is 74.6 Å². The summed E-state index contributed by atoms with van der Waals surface area (Å²) in [6.45, 7) is 6.14. The standard InChI is InChI=1S/C23H27Cl2NO2/c1-4-16(3)28-21-10-8-18(13-15(21)2)26-22(27)23(11-5-6-12-23)19-9-7-17(24)14-20(19)25/h7-10,13-14,16H,4-6,11-12H2,1-3H3,(H,26,27)/t16-/m0/s1. The molecule has 2 aromatic carbocycles. The molecule has 3 rings (SSSR count). The largest absolute Gasteiger partial charge is 0.490 e. The second-order valence-electron chi connectivity index (χ2n) is 7.68. The Morgan fingerprint density at radius 1 is 1.18 bits per heavy atom. The average molecular weight is 420 g/mol. The minimum atomic E-state index is -0.610. The number of benzene rings is 2. The Labute approximate surface area is 177 Å². The van der Waals surface area contributed by atoms with E-state index in [0.29, 0.717) is 10.0 Å². The topological polar surface area (TPSA) is 38.3 Å². The summed E-state index contributed by atoms with van der Waals surface area (Å²) >= 11 is 12.5. The van der Waals surface area contributed by atoms with Crippen molar-refractivity contribution in [2.75, 3.05) is 5.32 Å². The molecule has 1 fully saturated rings. The molecule has 0 radical (unpaired) electrons. The van der Waals surface area contributed by atoms with Gasteiger partial charge in [0.1, 0.15) is 5.75 Å². The van der Waals surface area contributed by atoms with E-state index in [9.17, 15) is 4.79 Å². The molecule has 1 amide bonds. The molecule has 0 bridgehead atoms. The van der Waals surface area contributed by atoms with Gasteiger partial charge in [0.15, 0.2) is 0 Å². The lowest BCUT2D eigenvalue weighted by Gasteiger charge is -2.29. The Balaban J connectivity index is 1.85. The van der Waals surface area contributed by atoms with E-state index in [1.807, 2.05) is 31.2 Å². The number of halogens is 2. The third-order valence-corrected chi connectivity index (χ3v) is 6.22. The zero-order valence-electron chi connectivity index (χ0n) is 16.6. The summed E-state index contributed by atoms with van der Waals surface area (Å²) < 4.78 is 5.93. The first-order valence-electron chi connectivity index (χ1n) is 9.90. The molecule has 0 heterocycles. The molecule has 1 N–H and O–H groups in total. The molecule has 0 saturated heterocycles. The SMILES string of the molecule is CC[C@H](C)Oc1ccc(NC(=O)C2(c3ccc(Cl)cc3Cl)CCCC2)cc1C. The number of hydrogen-bond donors (Lipinski definition) is 1. The van der Waals surface area contributed by atoms with Crippen molar-refractivity contribution in [3.05, 3.63) is 57.6 Å². The van der Waals surface area contributed by atoms with Gasteiger partial charge in [0.05, 0.1) is 11.5 Å². The Kier molecular flexibility index (Phi) is 6.57. The second kappa shape index (κ2) is 8.75. The third kappa shape index (κ3) is 4.31. The molecule has 0 spiro atoms. The highest BCUT2D eigenvalue weighted by Gasteiger charge is 2.44. The molecule has 5 heteroatoms. The summed E-state index contributed by atoms with van der Waals surface area (Å²) in [7, 11) is 0. The quantitative estimate of drug-likeness (QED) is 0.550. The minimum absolute atomic E-state index is 0.00998. The van der Waals surface area contributed by atoms with Gasteiger partial charge in [0.25, 0.3) is 0 Å². The molecule has 0 aliphatic heterocycles. The van der Waals surface area contributed by atoms with Crippen molar-refractivity contribution in [1.29, 1.82) is 0 Å². The van der Waals surface area contributed by atoms with E-state index in [4.69, 9.17) is 27.9 Å². The normalized spacial score (nSPS) is 16.6. The Bertz CT molecular complexity index is 860. The van der Waals surface area contributed by atoms with Crippen LogP contribution in [0.4, 0.5) is 5.69 Å². The molecular weight excluding hydrogens is 393 g/mol. The number of ether oxygens (including phenoxy) is 1. The van der Waals surface area contributed by atoms with Gasteiger partial charge in [0, 0.05) is 15.7 Å². The fourth-order valence-corrected chi connectivity index (χ4v) is 4.47. The second-order valence-corrected chi connectivity index (χ2v) is 8.53. The minimum Gasteiger partial charge on any atom is -0.490 e. The predicted octanol–water partition coefficient (Wildman–Crippen LogP) is 6.93. The highest BCUT2D eigenvalue weighted by molar-refractivity contribution is 6.35. The number of rotatable bonds is 6. The fraction of sp³-hybridized carbons (Fsp3) is 0.435. The Morgan fingerprint density at radius 2 is 1.89 bits per heavy atom. The molecule has 2 aromatic rings. The summed E-state index contributed by atoms with van der Waals surface area (Å²) in [5.74, 6) is 0.841. The number of carbonyl (C=O) groups excluding carboxylic acids is 1. The number of hydrogen-bond acceptors (Lipinski definition) is 2. The highest BCUT2D eigenvalue weighted by atomic mass is 35.5. The van der Waals surface area contributed by atoms with E-state index in [1.165, 1.54) is 0 Å². The van der Waals surface area contributed by atoms with Gasteiger partial charge in [-0.1, -0.05) is 49.0 Å². The third-order valence-electron chi connectivity index (χ3n) is 5.67. The molecule has 150 valence electrons. The van der Waals surface area contributed by atoms with Crippen LogP contribution >= 0.6 is 23.2 Å². The summed E-state index contributed by atoms with van der Waals surface area (Å²) in [4.78, 5) is 13.4. The highest BCUT2D eigenvalue weighted by Crippen LogP contribution is 2.45. The fourth-order valence-electron chi connectivity index (χ4n) is 3.89. The molecule has 1 atom stereocenters. The smallest absolute Gasteiger partial charge is 0.235 e. The Morgan fingerprint density at radius 3 is 2.50 bits per heavy atom. The first-order chi connectivity index (χ1) is 13.4. The average Bonchev–Trinajstić information content (AvgIpc) is 3.14. The molecular formula is C23H27Cl2NO2. The lowest BCUT2D eigenvalue weighted by molar-refractivity contribution is -0.121. The molecule has 1 saturated carbocycles. The van der Waals surface area contributed by atoms with Gasteiger partial charge in [-0.3, -0.25) is 4.79 Å². The summed E-state index contributed by atoms with van der Waals surface area (Å²) in [5, 5.41) is 4.25. The Hall–Kier alpha value is -1.71. The van der Waals surface area contributed by atoms with Crippen molar-refractivity contribution in [1.82, 2.24) is 0 Å². The monoisotopic (exact) mass is 419 g/mol. The van der Waals surface area contributed by atoms with E-state index < -0.39 is 5.41 Å². The van der Waals surface area contributed by atoms with Crippen LogP contribution in [0.2, 0.25) is 10.0 Å². The van der Waals surface area contributed by atoms with Crippen LogP contribution in [-0.4, -0.2) is 12.0 Å². The van der Waals surface area contributed by atoms with Crippen LogP contribution in [0.5, 0.6) is 5.75 Å². The lowest BCUT2D eigenvalue weighted by Crippen LogP contribution is -2.38. The van der Waals surface area contributed by atoms with Crippen LogP contribution in [0.3, 0.4) is 0 Å². The first-order valence-corrected chi connectivity index (χ1v) is 10.7. The van der Waals surface area contributed by atoms with Gasteiger partial charge >= 0.3 is 0 Å². The van der Waals surface area contributed by atoms with Crippen LogP contribution in [0.15, 0.2) is 36.4 Å². The summed E-state index contributed by atoms with van der Waals surface area (Å²) in [6.07, 6.45) is 4.69. The summed E-state index contributed by atoms with van der Waals surface area (Å²) in [5.41, 5.74) is 2.03. The van der Waals surface area contributed by atoms with E-state index in [2.05, 4.69) is 19.2 Å². The van der Waals surface area contributed by atoms with E-state index in [1.54, 1.807) is 12.1 Å². The van der Waals surface area contributed by atoms with Gasteiger partial charge in [-0.25, -0.2) is 0 Å². The van der Waals surface area contributed by atoms with Crippen molar-refractivity contribution in [2.24, 2.45) is 0 Å². The zero-order chi connectivity index (χ0) is 20.3. The maximum atomic E-state index is 13.4. The van der Waals surface area contributed by atoms with Crippen molar-refractivity contribution in [3.63, 3.8) is 0 Å². The molecule has 1 aliphatic carbocycles. The van der Waals surface area contributed by atoms with Crippen LogP contribution in [0.1, 0.15) is 57.1 Å².